The summed E-state index contributed by atoms with van der Waals surface area (Å²) >= 11 is 5.82. The molecule has 4 nitrogen and oxygen atoms in total. The second kappa shape index (κ2) is 4.38. The molecule has 0 spiro atoms. The smallest absolute Gasteiger partial charge is 0.297 e. The maximum absolute atomic E-state index is 12.2. The highest BCUT2D eigenvalue weighted by Gasteiger charge is 2.25. The monoisotopic (exact) mass is 276 g/mol. The van der Waals surface area contributed by atoms with Crippen LogP contribution in [0.2, 0.25) is 5.15 Å². The summed E-state index contributed by atoms with van der Waals surface area (Å²) in [6, 6.07) is 7.90. The molecule has 1 aromatic heterocycles. The van der Waals surface area contributed by atoms with Gasteiger partial charge in [-0.2, -0.15) is 0 Å². The molecule has 1 aliphatic carbocycles. The lowest BCUT2D eigenvalue weighted by molar-refractivity contribution is 0.485. The van der Waals surface area contributed by atoms with Crippen LogP contribution in [0.1, 0.15) is 22.7 Å². The second-order valence-corrected chi connectivity index (χ2v) is 5.25. The molecular formula is C14H13ClN2O2. The fourth-order valence-electron chi connectivity index (χ4n) is 2.66. The van der Waals surface area contributed by atoms with E-state index in [1.165, 1.54) is 15.7 Å². The molecule has 1 aromatic carbocycles. The third-order valence-corrected chi connectivity index (χ3v) is 4.08. The fourth-order valence-corrected chi connectivity index (χ4v) is 2.83. The Morgan fingerprint density at radius 3 is 2.37 bits per heavy atom. The maximum Gasteiger partial charge on any atom is 0.329 e. The zero-order chi connectivity index (χ0) is 13.6. The molecular weight excluding hydrogens is 264 g/mol. The minimum Gasteiger partial charge on any atom is -0.297 e. The molecule has 5 heteroatoms. The van der Waals surface area contributed by atoms with Crippen molar-refractivity contribution in [1.29, 1.82) is 0 Å². The predicted molar refractivity (Wildman–Crippen MR) is 74.0 cm³/mol. The number of aromatic amines is 1. The van der Waals surface area contributed by atoms with Crippen molar-refractivity contribution in [3.05, 3.63) is 66.9 Å². The number of nitrogens with zero attached hydrogens (tertiary/aromatic N) is 1. The molecule has 3 rings (SSSR count). The largest absolute Gasteiger partial charge is 0.329 e. The Morgan fingerprint density at radius 2 is 1.79 bits per heavy atom. The molecule has 0 amide bonds. The molecule has 19 heavy (non-hydrogen) atoms. The summed E-state index contributed by atoms with van der Waals surface area (Å²) in [5, 5.41) is 0.127. The van der Waals surface area contributed by atoms with Gasteiger partial charge in [-0.15, -0.1) is 0 Å². The minimum absolute atomic E-state index is 0.121. The summed E-state index contributed by atoms with van der Waals surface area (Å²) in [7, 11) is 0. The average Bonchev–Trinajstić information content (AvgIpc) is 2.79. The Kier molecular flexibility index (Phi) is 2.82. The Balaban J connectivity index is 2.10. The minimum atomic E-state index is -0.432. The number of halogens is 1. The van der Waals surface area contributed by atoms with Gasteiger partial charge in [-0.25, -0.2) is 4.79 Å². The Labute approximate surface area is 114 Å². The van der Waals surface area contributed by atoms with Crippen molar-refractivity contribution in [2.75, 3.05) is 0 Å². The summed E-state index contributed by atoms with van der Waals surface area (Å²) < 4.78 is 1.29. The van der Waals surface area contributed by atoms with Gasteiger partial charge in [-0.05, 0) is 30.9 Å². The van der Waals surface area contributed by atoms with Gasteiger partial charge in [0.1, 0.15) is 5.15 Å². The maximum atomic E-state index is 12.2. The molecule has 1 aliphatic rings. The van der Waals surface area contributed by atoms with Crippen molar-refractivity contribution in [3.8, 4) is 0 Å². The first-order valence-corrected chi connectivity index (χ1v) is 6.53. The number of hydrogen-bond acceptors (Lipinski definition) is 2. The molecule has 2 aromatic rings. The van der Waals surface area contributed by atoms with Crippen LogP contribution >= 0.6 is 11.6 Å². The second-order valence-electron chi connectivity index (χ2n) is 4.88. The lowest BCUT2D eigenvalue weighted by atomic mass is 10.1. The average molecular weight is 277 g/mol. The molecule has 98 valence electrons. The van der Waals surface area contributed by atoms with Crippen LogP contribution in [0.4, 0.5) is 0 Å². The molecule has 1 N–H and O–H groups in total. The number of hydrogen-bond donors (Lipinski definition) is 1. The van der Waals surface area contributed by atoms with E-state index in [1.807, 2.05) is 24.3 Å². The molecule has 0 bridgehead atoms. The third kappa shape index (κ3) is 1.92. The van der Waals surface area contributed by atoms with Gasteiger partial charge >= 0.3 is 5.69 Å². The summed E-state index contributed by atoms with van der Waals surface area (Å²) in [5.74, 6) is 0. The summed E-state index contributed by atoms with van der Waals surface area (Å²) in [6.07, 6.45) is 1.42. The fraction of sp³-hybridized carbons (Fsp3) is 0.286. The van der Waals surface area contributed by atoms with Gasteiger partial charge in [0.05, 0.1) is 0 Å². The quantitative estimate of drug-likeness (QED) is 0.808. The molecule has 0 aliphatic heterocycles. The topological polar surface area (TPSA) is 54.9 Å². The lowest BCUT2D eigenvalue weighted by Gasteiger charge is -2.13. The van der Waals surface area contributed by atoms with Crippen LogP contribution in [-0.2, 0) is 12.8 Å². The van der Waals surface area contributed by atoms with Gasteiger partial charge in [0.2, 0.25) is 0 Å². The van der Waals surface area contributed by atoms with Crippen LogP contribution in [0.5, 0.6) is 0 Å². The lowest BCUT2D eigenvalue weighted by Crippen LogP contribution is -2.39. The Bertz CT molecular complexity index is 736. The summed E-state index contributed by atoms with van der Waals surface area (Å²) in [5.41, 5.74) is 2.06. The SMILES string of the molecule is Cc1c(Cl)[nH]c(=O)n(C2Cc3ccccc3C2)c1=O. The Hall–Kier alpha value is -1.81. The van der Waals surface area contributed by atoms with Crippen LogP contribution < -0.4 is 11.2 Å². The summed E-state index contributed by atoms with van der Waals surface area (Å²) in [6.45, 7) is 1.62. The molecule has 0 saturated heterocycles. The van der Waals surface area contributed by atoms with Crippen LogP contribution in [0.3, 0.4) is 0 Å². The van der Waals surface area contributed by atoms with Crippen molar-refractivity contribution >= 4 is 11.6 Å². The molecule has 0 fully saturated rings. The van der Waals surface area contributed by atoms with E-state index in [-0.39, 0.29) is 16.8 Å². The predicted octanol–water partition coefficient (Wildman–Crippen LogP) is 1.84. The molecule has 1 heterocycles. The van der Waals surface area contributed by atoms with Gasteiger partial charge in [-0.1, -0.05) is 35.9 Å². The van der Waals surface area contributed by atoms with Crippen LogP contribution in [0, 0.1) is 6.92 Å². The van der Waals surface area contributed by atoms with Gasteiger partial charge in [0, 0.05) is 11.6 Å². The zero-order valence-electron chi connectivity index (χ0n) is 10.4. The van der Waals surface area contributed by atoms with E-state index in [2.05, 4.69) is 4.98 Å². The van der Waals surface area contributed by atoms with Gasteiger partial charge in [0.25, 0.3) is 5.56 Å². The number of fused-ring (bicyclic) bond motifs is 1. The van der Waals surface area contributed by atoms with Gasteiger partial charge in [-0.3, -0.25) is 14.3 Å². The van der Waals surface area contributed by atoms with Crippen molar-refractivity contribution in [2.45, 2.75) is 25.8 Å². The standard InChI is InChI=1S/C14H13ClN2O2/c1-8-12(15)16-14(19)17(13(8)18)11-6-9-4-2-3-5-10(9)7-11/h2-5,11H,6-7H2,1H3,(H,16,19). The third-order valence-electron chi connectivity index (χ3n) is 3.70. The number of H-pyrrole nitrogens is 1. The first kappa shape index (κ1) is 12.2. The zero-order valence-corrected chi connectivity index (χ0v) is 11.2. The van der Waals surface area contributed by atoms with Gasteiger partial charge < -0.3 is 0 Å². The highest BCUT2D eigenvalue weighted by atomic mass is 35.5. The first-order valence-electron chi connectivity index (χ1n) is 6.15. The molecule has 0 radical (unpaired) electrons. The van der Waals surface area contributed by atoms with Crippen molar-refractivity contribution in [1.82, 2.24) is 9.55 Å². The summed E-state index contributed by atoms with van der Waals surface area (Å²) in [4.78, 5) is 26.7. The van der Waals surface area contributed by atoms with Crippen LogP contribution in [0.25, 0.3) is 0 Å². The number of aromatic nitrogens is 2. The van der Waals surface area contributed by atoms with E-state index < -0.39 is 5.69 Å². The van der Waals surface area contributed by atoms with E-state index >= 15 is 0 Å². The van der Waals surface area contributed by atoms with E-state index in [4.69, 9.17) is 11.6 Å². The molecule has 0 saturated carbocycles. The molecule has 0 atom stereocenters. The molecule has 0 unspecified atom stereocenters. The van der Waals surface area contributed by atoms with Crippen LogP contribution in [-0.4, -0.2) is 9.55 Å². The first-order chi connectivity index (χ1) is 9.08. The number of nitrogens with one attached hydrogen (secondary N) is 1. The van der Waals surface area contributed by atoms with E-state index in [9.17, 15) is 9.59 Å². The van der Waals surface area contributed by atoms with Crippen molar-refractivity contribution < 1.29 is 0 Å². The number of benzene rings is 1. The van der Waals surface area contributed by atoms with Crippen molar-refractivity contribution in [3.63, 3.8) is 0 Å². The van der Waals surface area contributed by atoms with Crippen molar-refractivity contribution in [2.24, 2.45) is 0 Å². The normalized spacial score (nSPS) is 14.6. The van der Waals surface area contributed by atoms with E-state index in [1.54, 1.807) is 6.92 Å². The van der Waals surface area contributed by atoms with E-state index in [0.29, 0.717) is 18.4 Å². The van der Waals surface area contributed by atoms with Gasteiger partial charge in [0.15, 0.2) is 0 Å². The highest BCUT2D eigenvalue weighted by molar-refractivity contribution is 6.30. The van der Waals surface area contributed by atoms with Crippen LogP contribution in [0.15, 0.2) is 33.9 Å². The number of rotatable bonds is 1. The Morgan fingerprint density at radius 1 is 1.21 bits per heavy atom. The highest BCUT2D eigenvalue weighted by Crippen LogP contribution is 2.28. The van der Waals surface area contributed by atoms with E-state index in [0.717, 1.165) is 0 Å².